The van der Waals surface area contributed by atoms with Crippen molar-refractivity contribution < 1.29 is 22.4 Å². The number of oxazole rings is 1. The van der Waals surface area contributed by atoms with Crippen molar-refractivity contribution in [2.24, 2.45) is 11.8 Å². The van der Waals surface area contributed by atoms with E-state index in [4.69, 9.17) is 4.42 Å². The second kappa shape index (κ2) is 9.35. The van der Waals surface area contributed by atoms with Crippen LogP contribution in [0.4, 0.5) is 24.7 Å². The predicted octanol–water partition coefficient (Wildman–Crippen LogP) is 5.78. The zero-order chi connectivity index (χ0) is 24.6. The number of hydrogen-bond donors (Lipinski definition) is 2. The number of carbonyl (C=O) groups is 1. The molecule has 0 unspecified atom stereocenters. The van der Waals surface area contributed by atoms with Gasteiger partial charge in [0, 0.05) is 24.5 Å². The highest BCUT2D eigenvalue weighted by Gasteiger charge is 2.39. The Morgan fingerprint density at radius 3 is 2.69 bits per heavy atom. The first-order chi connectivity index (χ1) is 16.8. The van der Waals surface area contributed by atoms with Gasteiger partial charge in [-0.1, -0.05) is 6.92 Å². The molecule has 0 spiro atoms. The first-order valence-corrected chi connectivity index (χ1v) is 11.9. The molecule has 11 heteroatoms. The Bertz CT molecular complexity index is 1190. The van der Waals surface area contributed by atoms with Gasteiger partial charge >= 0.3 is 6.18 Å². The second-order valence-electron chi connectivity index (χ2n) is 9.53. The minimum Gasteiger partial charge on any atom is -0.444 e. The Balaban J connectivity index is 1.31. The van der Waals surface area contributed by atoms with Gasteiger partial charge in [0.25, 0.3) is 5.91 Å². The second-order valence-corrected chi connectivity index (χ2v) is 9.53. The van der Waals surface area contributed by atoms with Crippen LogP contribution in [0.3, 0.4) is 0 Å². The van der Waals surface area contributed by atoms with Crippen LogP contribution >= 0.6 is 0 Å². The number of halogens is 3. The summed E-state index contributed by atoms with van der Waals surface area (Å²) in [4.78, 5) is 21.2. The number of pyridine rings is 1. The number of anilines is 2. The third-order valence-corrected chi connectivity index (χ3v) is 6.62. The molecule has 2 fully saturated rings. The number of aromatic nitrogens is 4. The van der Waals surface area contributed by atoms with Crippen molar-refractivity contribution in [1.82, 2.24) is 19.7 Å². The Morgan fingerprint density at radius 1 is 1.20 bits per heavy atom. The highest BCUT2D eigenvalue weighted by molar-refractivity contribution is 6.03. The number of amides is 1. The molecule has 1 amide bonds. The Labute approximate surface area is 200 Å². The van der Waals surface area contributed by atoms with E-state index < -0.39 is 17.8 Å². The van der Waals surface area contributed by atoms with Crippen LogP contribution in [0, 0.1) is 11.8 Å². The molecule has 0 aliphatic heterocycles. The predicted molar refractivity (Wildman–Crippen MR) is 123 cm³/mol. The van der Waals surface area contributed by atoms with Crippen LogP contribution < -0.4 is 10.6 Å². The van der Waals surface area contributed by atoms with Gasteiger partial charge in [-0.15, -0.1) is 0 Å². The average Bonchev–Trinajstić information content (AvgIpc) is 3.34. The number of nitrogens with one attached hydrogen (secondary N) is 2. The summed E-state index contributed by atoms with van der Waals surface area (Å²) < 4.78 is 47.7. The van der Waals surface area contributed by atoms with Gasteiger partial charge in [-0.25, -0.2) is 9.97 Å². The van der Waals surface area contributed by atoms with Crippen LogP contribution in [0.2, 0.25) is 0 Å². The maximum Gasteiger partial charge on any atom is 0.437 e. The zero-order valence-corrected chi connectivity index (χ0v) is 19.3. The molecule has 8 nitrogen and oxygen atoms in total. The van der Waals surface area contributed by atoms with Crippen molar-refractivity contribution in [3.05, 3.63) is 42.2 Å². The molecule has 3 aromatic rings. The molecular formula is C24H27F3N6O2. The topological polar surface area (TPSA) is 97.9 Å². The van der Waals surface area contributed by atoms with Crippen LogP contribution in [-0.2, 0) is 6.18 Å². The lowest BCUT2D eigenvalue weighted by molar-refractivity contribution is -0.141. The maximum absolute atomic E-state index is 13.7. The Morgan fingerprint density at radius 2 is 1.97 bits per heavy atom. The van der Waals surface area contributed by atoms with E-state index in [0.29, 0.717) is 23.2 Å². The summed E-state index contributed by atoms with van der Waals surface area (Å²) in [6.07, 6.45) is 5.08. The van der Waals surface area contributed by atoms with Crippen LogP contribution in [0.1, 0.15) is 67.7 Å². The molecule has 0 aromatic carbocycles. The van der Waals surface area contributed by atoms with E-state index in [1.54, 1.807) is 18.3 Å². The van der Waals surface area contributed by atoms with Crippen LogP contribution in [0.15, 0.2) is 35.2 Å². The molecule has 0 saturated heterocycles. The van der Waals surface area contributed by atoms with Gasteiger partial charge in [0.2, 0.25) is 5.89 Å². The highest BCUT2D eigenvalue weighted by atomic mass is 19.4. The minimum absolute atomic E-state index is 0.119. The van der Waals surface area contributed by atoms with Crippen LogP contribution in [0.5, 0.6) is 0 Å². The Hall–Kier alpha value is -3.37. The van der Waals surface area contributed by atoms with Gasteiger partial charge in [-0.2, -0.15) is 18.3 Å². The third kappa shape index (κ3) is 5.49. The quantitative estimate of drug-likeness (QED) is 0.438. The normalized spacial score (nSPS) is 20.6. The van der Waals surface area contributed by atoms with E-state index >= 15 is 0 Å². The monoisotopic (exact) mass is 488 g/mol. The lowest BCUT2D eigenvalue weighted by Gasteiger charge is -2.26. The van der Waals surface area contributed by atoms with E-state index in [0.717, 1.165) is 38.5 Å². The summed E-state index contributed by atoms with van der Waals surface area (Å²) in [5, 5.41) is 9.38. The first-order valence-electron chi connectivity index (χ1n) is 11.9. The summed E-state index contributed by atoms with van der Waals surface area (Å²) >= 11 is 0. The minimum atomic E-state index is -4.70. The van der Waals surface area contributed by atoms with E-state index in [-0.39, 0.29) is 23.3 Å². The van der Waals surface area contributed by atoms with E-state index in [9.17, 15) is 18.0 Å². The Kier molecular flexibility index (Phi) is 6.24. The van der Waals surface area contributed by atoms with Gasteiger partial charge in [-0.3, -0.25) is 9.48 Å². The molecule has 186 valence electrons. The molecule has 3 aromatic heterocycles. The van der Waals surface area contributed by atoms with Crippen LogP contribution in [0.25, 0.3) is 11.5 Å². The summed E-state index contributed by atoms with van der Waals surface area (Å²) in [6.45, 7) is 2.97. The molecule has 3 heterocycles. The zero-order valence-electron chi connectivity index (χ0n) is 19.3. The summed E-state index contributed by atoms with van der Waals surface area (Å²) in [7, 11) is 0. The van der Waals surface area contributed by atoms with Gasteiger partial charge < -0.3 is 15.1 Å². The lowest BCUT2D eigenvalue weighted by atomic mass is 9.87. The third-order valence-electron chi connectivity index (χ3n) is 6.62. The largest absolute Gasteiger partial charge is 0.444 e. The molecule has 5 rings (SSSR count). The van der Waals surface area contributed by atoms with Gasteiger partial charge in [0.1, 0.15) is 12.1 Å². The van der Waals surface area contributed by atoms with Gasteiger partial charge in [0.05, 0.1) is 11.7 Å². The van der Waals surface area contributed by atoms with Crippen molar-refractivity contribution in [3.63, 3.8) is 0 Å². The maximum atomic E-state index is 13.7. The van der Waals surface area contributed by atoms with Crippen molar-refractivity contribution in [2.75, 3.05) is 17.2 Å². The molecule has 2 saturated carbocycles. The summed E-state index contributed by atoms with van der Waals surface area (Å²) in [5.41, 5.74) is -1.03. The number of alkyl halides is 3. The van der Waals surface area contributed by atoms with Crippen molar-refractivity contribution >= 4 is 17.4 Å². The van der Waals surface area contributed by atoms with Crippen LogP contribution in [-0.4, -0.2) is 32.2 Å². The molecule has 2 aliphatic carbocycles. The molecule has 0 radical (unpaired) electrons. The van der Waals surface area contributed by atoms with Crippen molar-refractivity contribution in [3.8, 4) is 11.5 Å². The van der Waals surface area contributed by atoms with E-state index in [1.165, 1.54) is 23.7 Å². The number of carbonyl (C=O) groups excluding carboxylic acids is 1. The molecule has 2 N–H and O–H groups in total. The fourth-order valence-electron chi connectivity index (χ4n) is 4.31. The lowest BCUT2D eigenvalue weighted by Crippen LogP contribution is -2.18. The summed E-state index contributed by atoms with van der Waals surface area (Å²) in [6, 6.07) is 3.32. The molecular weight excluding hydrogens is 461 g/mol. The highest BCUT2D eigenvalue weighted by Crippen LogP contribution is 2.37. The first kappa shape index (κ1) is 23.4. The molecule has 0 bridgehead atoms. The van der Waals surface area contributed by atoms with E-state index in [2.05, 4.69) is 32.6 Å². The SMILES string of the molecule is CC1CCC(n2cc(NC(=O)c3coc(-c4ccnc(NCC5CC5)c4)n3)c(C(F)(F)F)n2)CC1. The number of nitrogens with zero attached hydrogens (tertiary/aromatic N) is 4. The molecule has 35 heavy (non-hydrogen) atoms. The molecule has 0 atom stereocenters. The van der Waals surface area contributed by atoms with Crippen molar-refractivity contribution in [2.45, 2.75) is 57.7 Å². The standard InChI is InChI=1S/C24H27F3N6O2/c1-14-2-6-17(7-3-14)33-12-18(21(32-33)24(25,26)27)30-22(34)19-13-35-23(31-19)16-8-9-28-20(10-16)29-11-15-4-5-15/h8-10,12-15,17H,2-7,11H2,1H3,(H,28,29)(H,30,34). The number of hydrogen-bond acceptors (Lipinski definition) is 6. The fraction of sp³-hybridized carbons (Fsp3) is 0.500. The fourth-order valence-corrected chi connectivity index (χ4v) is 4.31. The van der Waals surface area contributed by atoms with Crippen molar-refractivity contribution in [1.29, 1.82) is 0 Å². The summed E-state index contributed by atoms with van der Waals surface area (Å²) in [5.74, 6) is 1.26. The van der Waals surface area contributed by atoms with E-state index in [1.807, 2.05) is 0 Å². The van der Waals surface area contributed by atoms with Gasteiger partial charge in [-0.05, 0) is 62.5 Å². The number of rotatable bonds is 7. The average molecular weight is 489 g/mol. The smallest absolute Gasteiger partial charge is 0.437 e. The molecule has 2 aliphatic rings. The van der Waals surface area contributed by atoms with Gasteiger partial charge in [0.15, 0.2) is 11.4 Å².